The van der Waals surface area contributed by atoms with Crippen LogP contribution >= 0.6 is 0 Å². The summed E-state index contributed by atoms with van der Waals surface area (Å²) in [5, 5.41) is 20.4. The molecule has 106 valence electrons. The average molecular weight is 259 g/mol. The molecule has 0 bridgehead atoms. The summed E-state index contributed by atoms with van der Waals surface area (Å²) in [6, 6.07) is 0. The molecule has 0 aliphatic heterocycles. The van der Waals surface area contributed by atoms with Gasteiger partial charge in [-0.25, -0.2) is 0 Å². The van der Waals surface area contributed by atoms with E-state index in [9.17, 15) is 9.59 Å². The quantitative estimate of drug-likeness (QED) is 0.615. The van der Waals surface area contributed by atoms with E-state index in [1.807, 2.05) is 13.8 Å². The molecule has 0 fully saturated rings. The third-order valence-corrected chi connectivity index (χ3v) is 2.82. The number of carbonyl (C=O) groups is 2. The fourth-order valence-corrected chi connectivity index (χ4v) is 1.70. The summed E-state index contributed by atoms with van der Waals surface area (Å²) in [7, 11) is 0. The highest BCUT2D eigenvalue weighted by Crippen LogP contribution is 2.25. The maximum Gasteiger partial charge on any atom is 0.303 e. The summed E-state index contributed by atoms with van der Waals surface area (Å²) < 4.78 is 0. The molecule has 0 saturated carbocycles. The third-order valence-electron chi connectivity index (χ3n) is 2.82. The van der Waals surface area contributed by atoms with Crippen LogP contribution in [0.25, 0.3) is 0 Å². The number of nitrogens with one attached hydrogen (secondary N) is 1. The van der Waals surface area contributed by atoms with E-state index < -0.39 is 11.4 Å². The van der Waals surface area contributed by atoms with Crippen molar-refractivity contribution < 1.29 is 19.8 Å². The monoisotopic (exact) mass is 259 g/mol. The van der Waals surface area contributed by atoms with E-state index in [-0.39, 0.29) is 30.8 Å². The molecule has 3 N–H and O–H groups in total. The first-order valence-electron chi connectivity index (χ1n) is 6.17. The zero-order valence-electron chi connectivity index (χ0n) is 11.7. The molecule has 0 aliphatic carbocycles. The van der Waals surface area contributed by atoms with Crippen LogP contribution in [-0.2, 0) is 9.59 Å². The van der Waals surface area contributed by atoms with Gasteiger partial charge in [-0.3, -0.25) is 9.59 Å². The van der Waals surface area contributed by atoms with E-state index in [0.717, 1.165) is 0 Å². The Kier molecular flexibility index (Phi) is 6.32. The van der Waals surface area contributed by atoms with E-state index in [2.05, 4.69) is 5.32 Å². The number of aliphatic hydroxyl groups excluding tert-OH is 1. The van der Waals surface area contributed by atoms with Crippen molar-refractivity contribution in [2.24, 2.45) is 10.8 Å². The molecule has 1 amide bonds. The van der Waals surface area contributed by atoms with Gasteiger partial charge in [0.05, 0.1) is 6.42 Å². The summed E-state index contributed by atoms with van der Waals surface area (Å²) in [6.45, 7) is 8.03. The van der Waals surface area contributed by atoms with Crippen LogP contribution in [0.2, 0.25) is 0 Å². The molecule has 0 radical (unpaired) electrons. The second-order valence-corrected chi connectivity index (χ2v) is 6.33. The number of carboxylic acid groups (broad SMARTS) is 1. The van der Waals surface area contributed by atoms with Gasteiger partial charge in [0, 0.05) is 19.6 Å². The standard InChI is InChI=1S/C13H25NO4/c1-12(2,5-6-15)9-14-10(16)7-13(3,4)8-11(17)18/h15H,5-9H2,1-4H3,(H,14,16)(H,17,18). The van der Waals surface area contributed by atoms with Crippen molar-refractivity contribution in [1.29, 1.82) is 0 Å². The van der Waals surface area contributed by atoms with Crippen LogP contribution in [0.1, 0.15) is 47.0 Å². The number of hydrogen-bond donors (Lipinski definition) is 3. The molecule has 5 heteroatoms. The maximum atomic E-state index is 11.7. The second kappa shape index (κ2) is 6.73. The van der Waals surface area contributed by atoms with E-state index in [1.165, 1.54) is 0 Å². The Morgan fingerprint density at radius 2 is 1.61 bits per heavy atom. The van der Waals surface area contributed by atoms with Crippen molar-refractivity contribution in [1.82, 2.24) is 5.32 Å². The summed E-state index contributed by atoms with van der Waals surface area (Å²) in [6.07, 6.45) is 0.779. The molecule has 0 saturated heterocycles. The van der Waals surface area contributed by atoms with Gasteiger partial charge in [-0.2, -0.15) is 0 Å². The number of carbonyl (C=O) groups excluding carboxylic acids is 1. The molecule has 0 aliphatic rings. The average Bonchev–Trinajstić information content (AvgIpc) is 2.11. The highest BCUT2D eigenvalue weighted by molar-refractivity contribution is 5.77. The summed E-state index contributed by atoms with van der Waals surface area (Å²) in [5.74, 6) is -1.04. The Morgan fingerprint density at radius 3 is 2.06 bits per heavy atom. The van der Waals surface area contributed by atoms with Gasteiger partial charge in [-0.05, 0) is 17.3 Å². The summed E-state index contributed by atoms with van der Waals surface area (Å²) in [5.41, 5.74) is -0.696. The molecule has 0 heterocycles. The predicted octanol–water partition coefficient (Wildman–Crippen LogP) is 1.40. The summed E-state index contributed by atoms with van der Waals surface area (Å²) in [4.78, 5) is 22.4. The number of rotatable bonds is 8. The topological polar surface area (TPSA) is 86.6 Å². The number of aliphatic hydroxyl groups is 1. The Morgan fingerprint density at radius 1 is 1.06 bits per heavy atom. The van der Waals surface area contributed by atoms with Gasteiger partial charge < -0.3 is 15.5 Å². The Labute approximate surface area is 109 Å². The lowest BCUT2D eigenvalue weighted by Gasteiger charge is -2.26. The smallest absolute Gasteiger partial charge is 0.303 e. The molecule has 0 atom stereocenters. The van der Waals surface area contributed by atoms with Gasteiger partial charge in [0.15, 0.2) is 0 Å². The zero-order chi connectivity index (χ0) is 14.4. The van der Waals surface area contributed by atoms with Gasteiger partial charge in [-0.1, -0.05) is 27.7 Å². The molecular formula is C13H25NO4. The first-order chi connectivity index (χ1) is 8.08. The number of hydrogen-bond acceptors (Lipinski definition) is 3. The molecule has 0 rings (SSSR count). The largest absolute Gasteiger partial charge is 0.481 e. The number of amides is 1. The van der Waals surface area contributed by atoms with Crippen molar-refractivity contribution in [3.8, 4) is 0 Å². The van der Waals surface area contributed by atoms with Crippen molar-refractivity contribution >= 4 is 11.9 Å². The second-order valence-electron chi connectivity index (χ2n) is 6.33. The molecule has 0 spiro atoms. The van der Waals surface area contributed by atoms with E-state index in [4.69, 9.17) is 10.2 Å². The predicted molar refractivity (Wildman–Crippen MR) is 69.1 cm³/mol. The molecule has 0 aromatic heterocycles. The van der Waals surface area contributed by atoms with Gasteiger partial charge in [0.25, 0.3) is 0 Å². The van der Waals surface area contributed by atoms with Crippen LogP contribution in [0.15, 0.2) is 0 Å². The minimum Gasteiger partial charge on any atom is -0.481 e. The number of carboxylic acids is 1. The lowest BCUT2D eigenvalue weighted by atomic mass is 9.85. The molecule has 0 unspecified atom stereocenters. The Bertz CT molecular complexity index is 297. The van der Waals surface area contributed by atoms with Crippen LogP contribution in [0.5, 0.6) is 0 Å². The SMILES string of the molecule is CC(C)(CCO)CNC(=O)CC(C)(C)CC(=O)O. The molecule has 0 aromatic carbocycles. The minimum atomic E-state index is -0.895. The van der Waals surface area contributed by atoms with Crippen LogP contribution < -0.4 is 5.32 Å². The van der Waals surface area contributed by atoms with E-state index in [0.29, 0.717) is 13.0 Å². The van der Waals surface area contributed by atoms with Crippen LogP contribution in [0, 0.1) is 10.8 Å². The Balaban J connectivity index is 4.15. The van der Waals surface area contributed by atoms with Crippen LogP contribution in [0.3, 0.4) is 0 Å². The maximum absolute atomic E-state index is 11.7. The van der Waals surface area contributed by atoms with Gasteiger partial charge in [0.2, 0.25) is 5.91 Å². The first kappa shape index (κ1) is 16.9. The van der Waals surface area contributed by atoms with E-state index in [1.54, 1.807) is 13.8 Å². The Hall–Kier alpha value is -1.10. The molecule has 5 nitrogen and oxygen atoms in total. The van der Waals surface area contributed by atoms with Crippen LogP contribution in [0.4, 0.5) is 0 Å². The van der Waals surface area contributed by atoms with Crippen molar-refractivity contribution in [2.75, 3.05) is 13.2 Å². The first-order valence-corrected chi connectivity index (χ1v) is 6.17. The highest BCUT2D eigenvalue weighted by atomic mass is 16.4. The van der Waals surface area contributed by atoms with Crippen molar-refractivity contribution in [3.63, 3.8) is 0 Å². The van der Waals surface area contributed by atoms with Crippen molar-refractivity contribution in [3.05, 3.63) is 0 Å². The summed E-state index contributed by atoms with van der Waals surface area (Å²) >= 11 is 0. The van der Waals surface area contributed by atoms with Gasteiger partial charge in [0.1, 0.15) is 0 Å². The fourth-order valence-electron chi connectivity index (χ4n) is 1.70. The molecule has 0 aromatic rings. The van der Waals surface area contributed by atoms with Crippen molar-refractivity contribution in [2.45, 2.75) is 47.0 Å². The highest BCUT2D eigenvalue weighted by Gasteiger charge is 2.26. The lowest BCUT2D eigenvalue weighted by Crippen LogP contribution is -2.37. The van der Waals surface area contributed by atoms with E-state index >= 15 is 0 Å². The van der Waals surface area contributed by atoms with Gasteiger partial charge >= 0.3 is 5.97 Å². The fraction of sp³-hybridized carbons (Fsp3) is 0.846. The molecular weight excluding hydrogens is 234 g/mol. The van der Waals surface area contributed by atoms with Gasteiger partial charge in [-0.15, -0.1) is 0 Å². The number of aliphatic carboxylic acids is 1. The molecule has 18 heavy (non-hydrogen) atoms. The zero-order valence-corrected chi connectivity index (χ0v) is 11.7. The van der Waals surface area contributed by atoms with Crippen LogP contribution in [-0.4, -0.2) is 35.2 Å². The lowest BCUT2D eigenvalue weighted by molar-refractivity contribution is -0.139. The third kappa shape index (κ3) is 8.06. The normalized spacial score (nSPS) is 12.3. The minimum absolute atomic E-state index is 0.0273.